The van der Waals surface area contributed by atoms with E-state index in [0.717, 1.165) is 24.5 Å². The molecule has 90 valence electrons. The molecule has 0 saturated heterocycles. The zero-order chi connectivity index (χ0) is 11.8. The van der Waals surface area contributed by atoms with E-state index in [1.54, 1.807) is 0 Å². The highest BCUT2D eigenvalue weighted by Gasteiger charge is 2.04. The Balaban J connectivity index is 2.60. The van der Waals surface area contributed by atoms with Crippen molar-refractivity contribution in [2.24, 2.45) is 0 Å². The van der Waals surface area contributed by atoms with Gasteiger partial charge >= 0.3 is 0 Å². The van der Waals surface area contributed by atoms with E-state index in [0.29, 0.717) is 6.04 Å². The van der Waals surface area contributed by atoms with E-state index in [4.69, 9.17) is 0 Å². The second kappa shape index (κ2) is 7.09. The topological polar surface area (TPSA) is 37.0 Å². The van der Waals surface area contributed by atoms with E-state index in [9.17, 15) is 0 Å². The summed E-state index contributed by atoms with van der Waals surface area (Å²) >= 11 is 0. The number of hydrogen-bond donors (Lipinski definition) is 2. The monoisotopic (exact) mass is 221 g/mol. The summed E-state index contributed by atoms with van der Waals surface area (Å²) in [5.41, 5.74) is 1.16. The molecule has 1 aromatic rings. The van der Waals surface area contributed by atoms with Crippen molar-refractivity contribution >= 4 is 11.5 Å². The van der Waals surface area contributed by atoms with Gasteiger partial charge in [0.05, 0.1) is 0 Å². The van der Waals surface area contributed by atoms with Crippen molar-refractivity contribution in [2.45, 2.75) is 46.1 Å². The number of nitrogens with zero attached hydrogens (tertiary/aromatic N) is 1. The lowest BCUT2D eigenvalue weighted by atomic mass is 10.1. The highest BCUT2D eigenvalue weighted by Crippen LogP contribution is 2.15. The van der Waals surface area contributed by atoms with Crippen molar-refractivity contribution in [3.8, 4) is 0 Å². The minimum Gasteiger partial charge on any atom is -0.382 e. The van der Waals surface area contributed by atoms with Gasteiger partial charge in [0, 0.05) is 30.5 Å². The molecule has 0 fully saturated rings. The summed E-state index contributed by atoms with van der Waals surface area (Å²) in [7, 11) is 0. The Bertz CT molecular complexity index is 299. The van der Waals surface area contributed by atoms with E-state index >= 15 is 0 Å². The van der Waals surface area contributed by atoms with Crippen molar-refractivity contribution in [1.82, 2.24) is 4.98 Å². The Morgan fingerprint density at radius 1 is 1.31 bits per heavy atom. The van der Waals surface area contributed by atoms with Crippen LogP contribution < -0.4 is 10.6 Å². The predicted molar refractivity (Wildman–Crippen MR) is 71.0 cm³/mol. The summed E-state index contributed by atoms with van der Waals surface area (Å²) in [6, 6.07) is 4.67. The number of pyridine rings is 1. The summed E-state index contributed by atoms with van der Waals surface area (Å²) in [6.45, 7) is 7.43. The van der Waals surface area contributed by atoms with Crippen LogP contribution in [-0.2, 0) is 0 Å². The van der Waals surface area contributed by atoms with Crippen molar-refractivity contribution in [1.29, 1.82) is 0 Å². The van der Waals surface area contributed by atoms with Crippen LogP contribution in [0.2, 0.25) is 0 Å². The number of anilines is 2. The van der Waals surface area contributed by atoms with Gasteiger partial charge < -0.3 is 10.6 Å². The molecular weight excluding hydrogens is 198 g/mol. The minimum atomic E-state index is 0.571. The fourth-order valence-corrected chi connectivity index (χ4v) is 1.76. The van der Waals surface area contributed by atoms with Crippen LogP contribution in [0.1, 0.15) is 40.0 Å². The molecule has 0 amide bonds. The van der Waals surface area contributed by atoms with Gasteiger partial charge in [-0.15, -0.1) is 0 Å². The van der Waals surface area contributed by atoms with Crippen molar-refractivity contribution < 1.29 is 0 Å². The molecule has 0 radical (unpaired) electrons. The smallest absolute Gasteiger partial charge is 0.127 e. The molecule has 1 atom stereocenters. The molecule has 0 aliphatic carbocycles. The van der Waals surface area contributed by atoms with E-state index < -0.39 is 0 Å². The second-order valence-corrected chi connectivity index (χ2v) is 4.00. The summed E-state index contributed by atoms with van der Waals surface area (Å²) in [5.74, 6) is 0.943. The molecule has 0 bridgehead atoms. The van der Waals surface area contributed by atoms with Gasteiger partial charge in [-0.1, -0.05) is 20.3 Å². The van der Waals surface area contributed by atoms with Crippen LogP contribution in [0.4, 0.5) is 11.5 Å². The van der Waals surface area contributed by atoms with E-state index in [1.165, 1.54) is 12.8 Å². The SMILES string of the molecule is CCCC(CC)Nc1ccnc(NCC)c1. The highest BCUT2D eigenvalue weighted by atomic mass is 15.0. The lowest BCUT2D eigenvalue weighted by Gasteiger charge is -2.17. The predicted octanol–water partition coefficient (Wildman–Crippen LogP) is 3.50. The third-order valence-electron chi connectivity index (χ3n) is 2.62. The van der Waals surface area contributed by atoms with E-state index in [2.05, 4.69) is 42.5 Å². The van der Waals surface area contributed by atoms with Gasteiger partial charge in [-0.2, -0.15) is 0 Å². The fourth-order valence-electron chi connectivity index (χ4n) is 1.76. The van der Waals surface area contributed by atoms with Crippen LogP contribution in [0.3, 0.4) is 0 Å². The molecule has 1 aromatic heterocycles. The number of nitrogens with one attached hydrogen (secondary N) is 2. The third kappa shape index (κ3) is 4.09. The molecule has 3 heteroatoms. The molecule has 1 rings (SSSR count). The van der Waals surface area contributed by atoms with Gasteiger partial charge in [-0.3, -0.25) is 0 Å². The molecule has 0 aromatic carbocycles. The molecule has 16 heavy (non-hydrogen) atoms. The summed E-state index contributed by atoms with van der Waals surface area (Å²) in [6.07, 6.45) is 5.44. The lowest BCUT2D eigenvalue weighted by Crippen LogP contribution is -2.18. The Labute approximate surface area is 98.7 Å². The second-order valence-electron chi connectivity index (χ2n) is 4.00. The third-order valence-corrected chi connectivity index (χ3v) is 2.62. The van der Waals surface area contributed by atoms with Crippen LogP contribution in [0.25, 0.3) is 0 Å². The Kier molecular flexibility index (Phi) is 5.68. The maximum Gasteiger partial charge on any atom is 0.127 e. The van der Waals surface area contributed by atoms with Crippen LogP contribution in [0.15, 0.2) is 18.3 Å². The summed E-state index contributed by atoms with van der Waals surface area (Å²) < 4.78 is 0. The van der Waals surface area contributed by atoms with Crippen LogP contribution in [0.5, 0.6) is 0 Å². The maximum atomic E-state index is 4.26. The van der Waals surface area contributed by atoms with Crippen LogP contribution in [0, 0.1) is 0 Å². The molecule has 0 aliphatic heterocycles. The van der Waals surface area contributed by atoms with Gasteiger partial charge in [0.15, 0.2) is 0 Å². The van der Waals surface area contributed by atoms with Gasteiger partial charge in [-0.25, -0.2) is 4.98 Å². The normalized spacial score (nSPS) is 12.2. The molecular formula is C13H23N3. The first-order chi connectivity index (χ1) is 7.80. The molecule has 2 N–H and O–H groups in total. The van der Waals surface area contributed by atoms with Crippen LogP contribution >= 0.6 is 0 Å². The summed E-state index contributed by atoms with van der Waals surface area (Å²) in [5, 5.41) is 6.77. The summed E-state index contributed by atoms with van der Waals surface area (Å²) in [4.78, 5) is 4.26. The molecule has 0 aliphatic rings. The minimum absolute atomic E-state index is 0.571. The number of rotatable bonds is 7. The first-order valence-electron chi connectivity index (χ1n) is 6.26. The lowest BCUT2D eigenvalue weighted by molar-refractivity contribution is 0.623. The maximum absolute atomic E-state index is 4.26. The van der Waals surface area contributed by atoms with Gasteiger partial charge in [0.2, 0.25) is 0 Å². The quantitative estimate of drug-likeness (QED) is 0.740. The standard InChI is InChI=1S/C13H23N3/c1-4-7-11(5-2)16-12-8-9-15-13(10-12)14-6-3/h8-11H,4-7H2,1-3H3,(H2,14,15,16). The molecule has 0 spiro atoms. The average Bonchev–Trinajstić information content (AvgIpc) is 2.29. The Morgan fingerprint density at radius 2 is 2.12 bits per heavy atom. The molecule has 1 heterocycles. The van der Waals surface area contributed by atoms with Crippen LogP contribution in [-0.4, -0.2) is 17.6 Å². The average molecular weight is 221 g/mol. The van der Waals surface area contributed by atoms with Crippen molar-refractivity contribution in [2.75, 3.05) is 17.2 Å². The molecule has 0 saturated carbocycles. The van der Waals surface area contributed by atoms with Crippen molar-refractivity contribution in [3.05, 3.63) is 18.3 Å². The zero-order valence-electron chi connectivity index (χ0n) is 10.6. The largest absolute Gasteiger partial charge is 0.382 e. The Morgan fingerprint density at radius 3 is 2.75 bits per heavy atom. The highest BCUT2D eigenvalue weighted by molar-refractivity contribution is 5.52. The Hall–Kier alpha value is -1.25. The molecule has 1 unspecified atom stereocenters. The zero-order valence-corrected chi connectivity index (χ0v) is 10.6. The van der Waals surface area contributed by atoms with Gasteiger partial charge in [-0.05, 0) is 25.8 Å². The number of hydrogen-bond acceptors (Lipinski definition) is 3. The van der Waals surface area contributed by atoms with Gasteiger partial charge in [0.1, 0.15) is 5.82 Å². The number of aromatic nitrogens is 1. The first kappa shape index (κ1) is 12.8. The molecule has 3 nitrogen and oxygen atoms in total. The first-order valence-corrected chi connectivity index (χ1v) is 6.26. The fraction of sp³-hybridized carbons (Fsp3) is 0.615. The van der Waals surface area contributed by atoms with E-state index in [1.807, 2.05) is 12.3 Å². The van der Waals surface area contributed by atoms with E-state index in [-0.39, 0.29) is 0 Å². The van der Waals surface area contributed by atoms with Crippen molar-refractivity contribution in [3.63, 3.8) is 0 Å². The van der Waals surface area contributed by atoms with Gasteiger partial charge in [0.25, 0.3) is 0 Å².